The minimum atomic E-state index is -0.849. The second kappa shape index (κ2) is 4.99. The van der Waals surface area contributed by atoms with Crippen LogP contribution in [0.1, 0.15) is 18.4 Å². The lowest BCUT2D eigenvalue weighted by Crippen LogP contribution is -2.38. The summed E-state index contributed by atoms with van der Waals surface area (Å²) in [5.41, 5.74) is 2.07. The monoisotopic (exact) mass is 295 g/mol. The Morgan fingerprint density at radius 1 is 1.00 bits per heavy atom. The Morgan fingerprint density at radius 2 is 1.64 bits per heavy atom. The summed E-state index contributed by atoms with van der Waals surface area (Å²) >= 11 is 0. The van der Waals surface area contributed by atoms with Crippen molar-refractivity contribution in [2.24, 2.45) is 22.7 Å². The van der Waals surface area contributed by atoms with Crippen LogP contribution in [0.25, 0.3) is 0 Å². The van der Waals surface area contributed by atoms with Gasteiger partial charge in [-0.05, 0) is 24.5 Å². The fourth-order valence-electron chi connectivity index (χ4n) is 3.88. The second-order valence-electron chi connectivity index (χ2n) is 6.28. The zero-order chi connectivity index (χ0) is 15.3. The summed E-state index contributed by atoms with van der Waals surface area (Å²) in [6, 6.07) is 7.55. The summed E-state index contributed by atoms with van der Waals surface area (Å²) in [5, 5.41) is 10.4. The lowest BCUT2D eigenvalue weighted by molar-refractivity contribution is -0.125. The number of hydrogen-bond donors (Lipinski definition) is 1. The largest absolute Gasteiger partial charge is 0.387 e. The number of benzene rings is 1. The standard InChI is InChI=1S/C18H17NO3/c20-14-9-10-5-1-4-8-13(10)19-16(14)15-17(21)11-6-2-3-7-12(11)18(15)22/h1-5,8,11-12,14-15,20H,6-7,9H2. The molecule has 3 unspecified atom stereocenters. The van der Waals surface area contributed by atoms with Crippen LogP contribution in [0.2, 0.25) is 0 Å². The predicted molar refractivity (Wildman–Crippen MR) is 82.1 cm³/mol. The summed E-state index contributed by atoms with van der Waals surface area (Å²) in [6.45, 7) is 0. The van der Waals surface area contributed by atoms with E-state index in [2.05, 4.69) is 4.99 Å². The van der Waals surface area contributed by atoms with Crippen molar-refractivity contribution in [2.75, 3.05) is 0 Å². The van der Waals surface area contributed by atoms with Gasteiger partial charge in [-0.3, -0.25) is 14.6 Å². The maximum Gasteiger partial charge on any atom is 0.153 e. The van der Waals surface area contributed by atoms with Gasteiger partial charge in [-0.1, -0.05) is 30.4 Å². The van der Waals surface area contributed by atoms with Crippen LogP contribution in [0, 0.1) is 17.8 Å². The highest BCUT2D eigenvalue weighted by molar-refractivity contribution is 6.28. The minimum absolute atomic E-state index is 0.0588. The molecular formula is C18H17NO3. The molecule has 0 radical (unpaired) electrons. The number of Topliss-reactive ketones (excluding diaryl/α,β-unsaturated/α-hetero) is 2. The molecule has 0 bridgehead atoms. The fraction of sp³-hybridized carbons (Fsp3) is 0.389. The Labute approximate surface area is 128 Å². The smallest absolute Gasteiger partial charge is 0.153 e. The minimum Gasteiger partial charge on any atom is -0.387 e. The highest BCUT2D eigenvalue weighted by Crippen LogP contribution is 2.40. The zero-order valence-corrected chi connectivity index (χ0v) is 12.1. The maximum atomic E-state index is 12.7. The first-order chi connectivity index (χ1) is 10.7. The zero-order valence-electron chi connectivity index (χ0n) is 12.1. The highest BCUT2D eigenvalue weighted by atomic mass is 16.3. The van der Waals surface area contributed by atoms with Gasteiger partial charge in [0.2, 0.25) is 0 Å². The molecule has 0 spiro atoms. The molecule has 3 aliphatic rings. The number of fused-ring (bicyclic) bond motifs is 2. The molecule has 0 amide bonds. The molecule has 1 aromatic rings. The van der Waals surface area contributed by atoms with Crippen LogP contribution in [-0.2, 0) is 16.0 Å². The molecule has 22 heavy (non-hydrogen) atoms. The van der Waals surface area contributed by atoms with Crippen molar-refractivity contribution >= 4 is 23.0 Å². The Kier molecular flexibility index (Phi) is 3.08. The normalized spacial score (nSPS) is 33.4. The summed E-state index contributed by atoms with van der Waals surface area (Å²) < 4.78 is 0. The molecule has 0 saturated heterocycles. The van der Waals surface area contributed by atoms with Gasteiger partial charge in [-0.25, -0.2) is 0 Å². The Balaban J connectivity index is 1.74. The van der Waals surface area contributed by atoms with Crippen molar-refractivity contribution < 1.29 is 14.7 Å². The Bertz CT molecular complexity index is 693. The van der Waals surface area contributed by atoms with Crippen LogP contribution in [0.4, 0.5) is 5.69 Å². The van der Waals surface area contributed by atoms with Crippen molar-refractivity contribution in [3.8, 4) is 0 Å². The van der Waals surface area contributed by atoms with Crippen molar-refractivity contribution in [1.29, 1.82) is 0 Å². The molecule has 1 fully saturated rings. The number of carbonyl (C=O) groups excluding carboxylic acids is 2. The third kappa shape index (κ3) is 1.91. The fourth-order valence-corrected chi connectivity index (χ4v) is 3.88. The van der Waals surface area contributed by atoms with Gasteiger partial charge in [0, 0.05) is 18.3 Å². The predicted octanol–water partition coefficient (Wildman–Crippen LogP) is 2.03. The topological polar surface area (TPSA) is 66.7 Å². The van der Waals surface area contributed by atoms with E-state index in [0.29, 0.717) is 25.0 Å². The van der Waals surface area contributed by atoms with Crippen LogP contribution in [0.15, 0.2) is 41.4 Å². The lowest BCUT2D eigenvalue weighted by atomic mass is 9.85. The molecule has 1 heterocycles. The van der Waals surface area contributed by atoms with E-state index in [1.54, 1.807) is 0 Å². The van der Waals surface area contributed by atoms with Gasteiger partial charge in [-0.2, -0.15) is 0 Å². The summed E-state index contributed by atoms with van der Waals surface area (Å²) in [7, 11) is 0. The lowest BCUT2D eigenvalue weighted by Gasteiger charge is -2.23. The molecule has 112 valence electrons. The second-order valence-corrected chi connectivity index (χ2v) is 6.28. The van der Waals surface area contributed by atoms with E-state index in [1.165, 1.54) is 0 Å². The van der Waals surface area contributed by atoms with E-state index in [1.807, 2.05) is 36.4 Å². The number of nitrogens with zero attached hydrogens (tertiary/aromatic N) is 1. The number of hydrogen-bond acceptors (Lipinski definition) is 4. The number of para-hydroxylation sites is 1. The molecule has 0 aromatic heterocycles. The average Bonchev–Trinajstić information content (AvgIpc) is 2.79. The number of aliphatic hydroxyl groups excluding tert-OH is 1. The molecule has 1 aromatic carbocycles. The number of ketones is 2. The van der Waals surface area contributed by atoms with Gasteiger partial charge in [0.15, 0.2) is 11.6 Å². The summed E-state index contributed by atoms with van der Waals surface area (Å²) in [4.78, 5) is 29.8. The molecule has 3 atom stereocenters. The van der Waals surface area contributed by atoms with Crippen molar-refractivity contribution in [3.05, 3.63) is 42.0 Å². The van der Waals surface area contributed by atoms with Crippen LogP contribution in [0.5, 0.6) is 0 Å². The first-order valence-electron chi connectivity index (χ1n) is 7.73. The average molecular weight is 295 g/mol. The van der Waals surface area contributed by atoms with Crippen molar-refractivity contribution in [2.45, 2.75) is 25.4 Å². The van der Waals surface area contributed by atoms with Crippen LogP contribution in [-0.4, -0.2) is 28.5 Å². The van der Waals surface area contributed by atoms with Crippen molar-refractivity contribution in [1.82, 2.24) is 0 Å². The SMILES string of the molecule is O=C1C(C2=Nc3ccccc3CC2O)C(=O)C2CC=CCC12. The van der Waals surface area contributed by atoms with E-state index in [-0.39, 0.29) is 23.4 Å². The summed E-state index contributed by atoms with van der Waals surface area (Å²) in [5.74, 6) is -1.42. The molecular weight excluding hydrogens is 278 g/mol. The van der Waals surface area contributed by atoms with E-state index in [9.17, 15) is 14.7 Å². The van der Waals surface area contributed by atoms with E-state index in [4.69, 9.17) is 0 Å². The van der Waals surface area contributed by atoms with Crippen molar-refractivity contribution in [3.63, 3.8) is 0 Å². The molecule has 1 saturated carbocycles. The number of aliphatic hydroxyl groups is 1. The number of aliphatic imine (C=N–C) groups is 1. The number of allylic oxidation sites excluding steroid dienone is 2. The first kappa shape index (κ1) is 13.6. The molecule has 1 N–H and O–H groups in total. The van der Waals surface area contributed by atoms with E-state index >= 15 is 0 Å². The molecule has 4 heteroatoms. The third-order valence-corrected chi connectivity index (χ3v) is 5.02. The van der Waals surface area contributed by atoms with E-state index < -0.39 is 12.0 Å². The first-order valence-corrected chi connectivity index (χ1v) is 7.73. The Morgan fingerprint density at radius 3 is 2.32 bits per heavy atom. The maximum absolute atomic E-state index is 12.7. The van der Waals surface area contributed by atoms with Gasteiger partial charge in [-0.15, -0.1) is 0 Å². The number of rotatable bonds is 1. The van der Waals surface area contributed by atoms with Crippen LogP contribution in [0.3, 0.4) is 0 Å². The molecule has 2 aliphatic carbocycles. The van der Waals surface area contributed by atoms with Gasteiger partial charge < -0.3 is 5.11 Å². The summed E-state index contributed by atoms with van der Waals surface area (Å²) in [6.07, 6.45) is 4.78. The van der Waals surface area contributed by atoms with Gasteiger partial charge >= 0.3 is 0 Å². The molecule has 1 aliphatic heterocycles. The third-order valence-electron chi connectivity index (χ3n) is 5.02. The number of carbonyl (C=O) groups is 2. The van der Waals surface area contributed by atoms with E-state index in [0.717, 1.165) is 11.3 Å². The van der Waals surface area contributed by atoms with Gasteiger partial charge in [0.25, 0.3) is 0 Å². The van der Waals surface area contributed by atoms with Crippen LogP contribution >= 0.6 is 0 Å². The van der Waals surface area contributed by atoms with Gasteiger partial charge in [0.1, 0.15) is 5.92 Å². The molecule has 4 nitrogen and oxygen atoms in total. The molecule has 4 rings (SSSR count). The quantitative estimate of drug-likeness (QED) is 0.637. The Hall–Kier alpha value is -2.07. The van der Waals surface area contributed by atoms with Gasteiger partial charge in [0.05, 0.1) is 17.5 Å². The highest BCUT2D eigenvalue weighted by Gasteiger charge is 2.52. The van der Waals surface area contributed by atoms with Crippen LogP contribution < -0.4 is 0 Å².